The van der Waals surface area contributed by atoms with E-state index < -0.39 is 0 Å². The number of rotatable bonds is 5. The summed E-state index contributed by atoms with van der Waals surface area (Å²) in [6.07, 6.45) is 9.68. The maximum absolute atomic E-state index is 12.0. The van der Waals surface area contributed by atoms with Gasteiger partial charge in [-0.3, -0.25) is 4.79 Å². The second-order valence-corrected chi connectivity index (χ2v) is 8.44. The standard InChI is InChI=1S/C23H26N8O2/c1-3-18-23(27-14-4-5-16(32)8-14)29-20-17(11-25-22(24)21(20)28-18)13-10-26-31(12-13)15-6-7-30(2)19(33)9-15/h6-7,9-12,14,16,32H,3-5,8H2,1-2H3,(H2,24,25)(H,27,29)/t14-,16+/m1/s1. The molecule has 4 aromatic heterocycles. The van der Waals surface area contributed by atoms with Crippen LogP contribution < -0.4 is 16.6 Å². The van der Waals surface area contributed by atoms with Gasteiger partial charge in [-0.15, -0.1) is 0 Å². The molecular formula is C23H26N8O2. The molecule has 10 heteroatoms. The Morgan fingerprint density at radius 2 is 2.09 bits per heavy atom. The van der Waals surface area contributed by atoms with Crippen LogP contribution in [0.4, 0.5) is 11.6 Å². The van der Waals surface area contributed by atoms with Gasteiger partial charge in [-0.25, -0.2) is 19.6 Å². The van der Waals surface area contributed by atoms with E-state index in [-0.39, 0.29) is 17.7 Å². The van der Waals surface area contributed by atoms with Crippen molar-refractivity contribution in [1.82, 2.24) is 29.3 Å². The fourth-order valence-electron chi connectivity index (χ4n) is 4.23. The summed E-state index contributed by atoms with van der Waals surface area (Å²) in [6, 6.07) is 3.51. The zero-order chi connectivity index (χ0) is 23.1. The molecule has 33 heavy (non-hydrogen) atoms. The fourth-order valence-corrected chi connectivity index (χ4v) is 4.23. The van der Waals surface area contributed by atoms with E-state index in [2.05, 4.69) is 15.4 Å². The molecule has 0 bridgehead atoms. The van der Waals surface area contributed by atoms with E-state index in [0.29, 0.717) is 41.2 Å². The average Bonchev–Trinajstić information content (AvgIpc) is 3.45. The molecule has 0 unspecified atom stereocenters. The Kier molecular flexibility index (Phi) is 5.29. The predicted molar refractivity (Wildman–Crippen MR) is 126 cm³/mol. The zero-order valence-corrected chi connectivity index (χ0v) is 18.6. The summed E-state index contributed by atoms with van der Waals surface area (Å²) in [4.78, 5) is 26.1. The molecule has 0 spiro atoms. The van der Waals surface area contributed by atoms with E-state index in [1.165, 1.54) is 10.6 Å². The lowest BCUT2D eigenvalue weighted by atomic mass is 10.1. The van der Waals surface area contributed by atoms with Crippen molar-refractivity contribution < 1.29 is 5.11 Å². The molecule has 1 aliphatic rings. The third-order valence-electron chi connectivity index (χ3n) is 6.13. The molecule has 0 amide bonds. The second-order valence-electron chi connectivity index (χ2n) is 8.44. The van der Waals surface area contributed by atoms with Gasteiger partial charge < -0.3 is 20.7 Å². The average molecular weight is 447 g/mol. The maximum Gasteiger partial charge on any atom is 0.252 e. The molecule has 4 N–H and O–H groups in total. The number of aliphatic hydroxyl groups is 1. The summed E-state index contributed by atoms with van der Waals surface area (Å²) in [5, 5.41) is 17.8. The van der Waals surface area contributed by atoms with Crippen LogP contribution in [0.25, 0.3) is 27.8 Å². The number of fused-ring (bicyclic) bond motifs is 1. The third-order valence-corrected chi connectivity index (χ3v) is 6.13. The second kappa shape index (κ2) is 8.28. The number of aliphatic hydroxyl groups excluding tert-OH is 1. The summed E-state index contributed by atoms with van der Waals surface area (Å²) in [5.74, 6) is 1.02. The first-order chi connectivity index (χ1) is 15.9. The first kappa shape index (κ1) is 21.1. The van der Waals surface area contributed by atoms with Crippen molar-refractivity contribution in [2.45, 2.75) is 44.8 Å². The van der Waals surface area contributed by atoms with Gasteiger partial charge in [0.1, 0.15) is 16.9 Å². The minimum Gasteiger partial charge on any atom is -0.393 e. The van der Waals surface area contributed by atoms with Gasteiger partial charge in [0.05, 0.1) is 23.7 Å². The van der Waals surface area contributed by atoms with Crippen molar-refractivity contribution in [2.24, 2.45) is 7.05 Å². The Labute approximate surface area is 190 Å². The number of anilines is 2. The van der Waals surface area contributed by atoms with Crippen LogP contribution in [-0.4, -0.2) is 46.6 Å². The van der Waals surface area contributed by atoms with E-state index in [4.69, 9.17) is 15.7 Å². The molecule has 170 valence electrons. The quantitative estimate of drug-likeness (QED) is 0.424. The molecule has 5 rings (SSSR count). The Hall–Kier alpha value is -3.79. The van der Waals surface area contributed by atoms with Crippen LogP contribution in [0.3, 0.4) is 0 Å². The number of hydrogen-bond acceptors (Lipinski definition) is 8. The highest BCUT2D eigenvalue weighted by molar-refractivity contribution is 5.96. The molecule has 0 aliphatic heterocycles. The minimum absolute atomic E-state index is 0.116. The monoisotopic (exact) mass is 446 g/mol. The summed E-state index contributed by atoms with van der Waals surface area (Å²) < 4.78 is 3.15. The van der Waals surface area contributed by atoms with Crippen LogP contribution >= 0.6 is 0 Å². The van der Waals surface area contributed by atoms with Crippen LogP contribution in [0.15, 0.2) is 41.7 Å². The molecule has 1 aliphatic carbocycles. The molecule has 0 saturated heterocycles. The van der Waals surface area contributed by atoms with E-state index >= 15 is 0 Å². The Morgan fingerprint density at radius 3 is 2.82 bits per heavy atom. The molecule has 4 aromatic rings. The van der Waals surface area contributed by atoms with Gasteiger partial charge in [-0.1, -0.05) is 6.92 Å². The number of aryl methyl sites for hydroxylation is 2. The third kappa shape index (κ3) is 3.93. The molecule has 1 saturated carbocycles. The smallest absolute Gasteiger partial charge is 0.252 e. The highest BCUT2D eigenvalue weighted by atomic mass is 16.3. The number of nitrogen functional groups attached to an aromatic ring is 1. The SMILES string of the molecule is CCc1nc2c(N)ncc(-c3cnn(-c4ccn(C)c(=O)c4)c3)c2nc1N[C@@H]1CC[C@H](O)C1. The molecule has 2 atom stereocenters. The van der Waals surface area contributed by atoms with Crippen molar-refractivity contribution >= 4 is 22.7 Å². The molecule has 4 heterocycles. The van der Waals surface area contributed by atoms with Gasteiger partial charge in [0.15, 0.2) is 5.82 Å². The van der Waals surface area contributed by atoms with Crippen molar-refractivity contribution in [3.63, 3.8) is 0 Å². The lowest BCUT2D eigenvalue weighted by molar-refractivity contribution is 0.182. The van der Waals surface area contributed by atoms with Gasteiger partial charge in [0, 0.05) is 48.9 Å². The van der Waals surface area contributed by atoms with Gasteiger partial charge in [-0.05, 0) is 31.7 Å². The largest absolute Gasteiger partial charge is 0.393 e. The summed E-state index contributed by atoms with van der Waals surface area (Å²) in [6.45, 7) is 2.02. The highest BCUT2D eigenvalue weighted by Gasteiger charge is 2.24. The van der Waals surface area contributed by atoms with E-state index in [9.17, 15) is 9.90 Å². The minimum atomic E-state index is -0.281. The van der Waals surface area contributed by atoms with Crippen LogP contribution in [0.5, 0.6) is 0 Å². The maximum atomic E-state index is 12.0. The fraction of sp³-hybridized carbons (Fsp3) is 0.348. The normalized spacial score (nSPS) is 18.2. The molecule has 0 aromatic carbocycles. The Balaban J connectivity index is 1.59. The number of nitrogens with one attached hydrogen (secondary N) is 1. The van der Waals surface area contributed by atoms with Crippen LogP contribution in [0.2, 0.25) is 0 Å². The van der Waals surface area contributed by atoms with Gasteiger partial charge in [0.25, 0.3) is 5.56 Å². The van der Waals surface area contributed by atoms with Crippen molar-refractivity contribution in [3.8, 4) is 16.8 Å². The number of pyridine rings is 2. The number of aromatic nitrogens is 6. The van der Waals surface area contributed by atoms with Crippen LogP contribution in [0.1, 0.15) is 31.9 Å². The van der Waals surface area contributed by atoms with Crippen molar-refractivity contribution in [2.75, 3.05) is 11.1 Å². The van der Waals surface area contributed by atoms with Crippen molar-refractivity contribution in [3.05, 3.63) is 53.0 Å². The number of hydrogen-bond donors (Lipinski definition) is 3. The lowest BCUT2D eigenvalue weighted by Crippen LogP contribution is -2.19. The highest BCUT2D eigenvalue weighted by Crippen LogP contribution is 2.32. The van der Waals surface area contributed by atoms with Gasteiger partial charge >= 0.3 is 0 Å². The van der Waals surface area contributed by atoms with Crippen molar-refractivity contribution in [1.29, 1.82) is 0 Å². The van der Waals surface area contributed by atoms with Gasteiger partial charge in [-0.2, -0.15) is 5.10 Å². The molecule has 10 nitrogen and oxygen atoms in total. The predicted octanol–water partition coefficient (Wildman–Crippen LogP) is 2.05. The summed E-state index contributed by atoms with van der Waals surface area (Å²) in [7, 11) is 1.70. The number of nitrogens with two attached hydrogens (primary N) is 1. The molecular weight excluding hydrogens is 420 g/mol. The number of nitrogens with zero attached hydrogens (tertiary/aromatic N) is 6. The molecule has 1 fully saturated rings. The zero-order valence-electron chi connectivity index (χ0n) is 18.6. The lowest BCUT2D eigenvalue weighted by Gasteiger charge is -2.17. The first-order valence-corrected chi connectivity index (χ1v) is 11.0. The summed E-state index contributed by atoms with van der Waals surface area (Å²) >= 11 is 0. The van der Waals surface area contributed by atoms with Crippen LogP contribution in [-0.2, 0) is 13.5 Å². The Bertz CT molecular complexity index is 1390. The van der Waals surface area contributed by atoms with E-state index in [1.807, 2.05) is 19.2 Å². The first-order valence-electron chi connectivity index (χ1n) is 11.0. The summed E-state index contributed by atoms with van der Waals surface area (Å²) in [5.41, 5.74) is 10.2. The van der Waals surface area contributed by atoms with Gasteiger partial charge in [0.2, 0.25) is 0 Å². The van der Waals surface area contributed by atoms with E-state index in [1.54, 1.807) is 30.3 Å². The molecule has 0 radical (unpaired) electrons. The van der Waals surface area contributed by atoms with E-state index in [0.717, 1.165) is 29.7 Å². The topological polar surface area (TPSA) is 137 Å². The Morgan fingerprint density at radius 1 is 1.24 bits per heavy atom. The van der Waals surface area contributed by atoms with Crippen LogP contribution in [0, 0.1) is 0 Å².